The molecule has 160 valence electrons. The Morgan fingerprint density at radius 2 is 1.94 bits per heavy atom. The number of carbonyl (C=O) groups excluding carboxylic acids is 1. The van der Waals surface area contributed by atoms with E-state index in [-0.39, 0.29) is 16.9 Å². The summed E-state index contributed by atoms with van der Waals surface area (Å²) in [6, 6.07) is 17.9. The second-order valence-corrected chi connectivity index (χ2v) is 9.41. The molecule has 8 heteroatoms. The average molecular weight is 452 g/mol. The number of nitrogens with one attached hydrogen (secondary N) is 1. The molecule has 0 saturated heterocycles. The number of aryl methyl sites for hydroxylation is 1. The number of para-hydroxylation sites is 1. The Bertz CT molecular complexity index is 1090. The highest BCUT2D eigenvalue weighted by Crippen LogP contribution is 2.32. The van der Waals surface area contributed by atoms with Gasteiger partial charge in [0.1, 0.15) is 0 Å². The highest BCUT2D eigenvalue weighted by atomic mass is 32.2. The minimum Gasteiger partial charge on any atom is -0.324 e. The zero-order valence-electron chi connectivity index (χ0n) is 17.8. The van der Waals surface area contributed by atoms with E-state index in [9.17, 15) is 4.79 Å². The van der Waals surface area contributed by atoms with Crippen molar-refractivity contribution in [1.82, 2.24) is 14.8 Å². The number of amides is 1. The smallest absolute Gasteiger partial charge is 0.234 e. The monoisotopic (exact) mass is 451 g/mol. The number of nitrogens with zero attached hydrogens (tertiary/aromatic N) is 4. The van der Waals surface area contributed by atoms with Crippen LogP contribution in [-0.4, -0.2) is 31.7 Å². The molecule has 1 heterocycles. The largest absolute Gasteiger partial charge is 0.324 e. The van der Waals surface area contributed by atoms with Gasteiger partial charge in [-0.2, -0.15) is 5.26 Å². The predicted molar refractivity (Wildman–Crippen MR) is 127 cm³/mol. The topological polar surface area (TPSA) is 83.6 Å². The highest BCUT2D eigenvalue weighted by molar-refractivity contribution is 8.00. The summed E-state index contributed by atoms with van der Waals surface area (Å²) in [4.78, 5) is 13.6. The van der Waals surface area contributed by atoms with E-state index in [1.807, 2.05) is 60.9 Å². The number of carbonyl (C=O) groups is 1. The molecule has 1 unspecified atom stereocenters. The van der Waals surface area contributed by atoms with E-state index in [0.29, 0.717) is 6.42 Å². The lowest BCUT2D eigenvalue weighted by molar-refractivity contribution is -0.113. The first-order chi connectivity index (χ1) is 15.0. The number of aromatic nitrogens is 3. The first-order valence-electron chi connectivity index (χ1n) is 10.1. The number of thioether (sulfide) groups is 2. The Kier molecular flexibility index (Phi) is 8.15. The van der Waals surface area contributed by atoms with Gasteiger partial charge in [0.2, 0.25) is 5.91 Å². The fourth-order valence-electron chi connectivity index (χ4n) is 3.08. The molecule has 0 fully saturated rings. The number of anilines is 1. The van der Waals surface area contributed by atoms with E-state index in [1.165, 1.54) is 11.8 Å². The number of hydrogen-bond donors (Lipinski definition) is 1. The molecule has 1 aromatic heterocycles. The van der Waals surface area contributed by atoms with E-state index >= 15 is 0 Å². The Hall–Kier alpha value is -2.76. The molecule has 0 saturated carbocycles. The third kappa shape index (κ3) is 5.90. The van der Waals surface area contributed by atoms with Crippen LogP contribution in [0.15, 0.2) is 58.6 Å². The molecular weight excluding hydrogens is 426 g/mol. The first kappa shape index (κ1) is 22.9. The van der Waals surface area contributed by atoms with Crippen LogP contribution in [-0.2, 0) is 11.3 Å². The highest BCUT2D eigenvalue weighted by Gasteiger charge is 2.16. The van der Waals surface area contributed by atoms with Crippen molar-refractivity contribution in [2.75, 3.05) is 11.1 Å². The molecule has 0 radical (unpaired) electrons. The van der Waals surface area contributed by atoms with Crippen molar-refractivity contribution in [3.63, 3.8) is 0 Å². The SMILES string of the molecule is CCn1c(SCC(=O)Nc2ccccc2SC(C)CC#N)nnc1-c1ccccc1C. The van der Waals surface area contributed by atoms with Crippen molar-refractivity contribution in [3.8, 4) is 17.5 Å². The van der Waals surface area contributed by atoms with E-state index in [4.69, 9.17) is 5.26 Å². The Morgan fingerprint density at radius 1 is 1.19 bits per heavy atom. The molecule has 0 aliphatic rings. The van der Waals surface area contributed by atoms with Crippen LogP contribution < -0.4 is 5.32 Å². The summed E-state index contributed by atoms with van der Waals surface area (Å²) < 4.78 is 2.04. The maximum Gasteiger partial charge on any atom is 0.234 e. The summed E-state index contributed by atoms with van der Waals surface area (Å²) in [7, 11) is 0. The summed E-state index contributed by atoms with van der Waals surface area (Å²) in [6.45, 7) is 6.82. The van der Waals surface area contributed by atoms with Gasteiger partial charge in [-0.25, -0.2) is 0 Å². The van der Waals surface area contributed by atoms with Gasteiger partial charge in [0, 0.05) is 28.7 Å². The summed E-state index contributed by atoms with van der Waals surface area (Å²) in [5.74, 6) is 0.948. The van der Waals surface area contributed by atoms with Crippen molar-refractivity contribution >= 4 is 35.1 Å². The zero-order valence-corrected chi connectivity index (χ0v) is 19.5. The molecule has 31 heavy (non-hydrogen) atoms. The molecular formula is C23H25N5OS2. The van der Waals surface area contributed by atoms with Crippen molar-refractivity contribution in [3.05, 3.63) is 54.1 Å². The van der Waals surface area contributed by atoms with E-state index in [1.54, 1.807) is 11.8 Å². The Labute approximate surface area is 191 Å². The maximum atomic E-state index is 12.6. The normalized spacial score (nSPS) is 11.7. The van der Waals surface area contributed by atoms with Crippen molar-refractivity contribution in [1.29, 1.82) is 5.26 Å². The van der Waals surface area contributed by atoms with Gasteiger partial charge in [0.15, 0.2) is 11.0 Å². The molecule has 0 aliphatic carbocycles. The summed E-state index contributed by atoms with van der Waals surface area (Å²) in [6.07, 6.45) is 0.457. The van der Waals surface area contributed by atoms with Gasteiger partial charge < -0.3 is 9.88 Å². The van der Waals surface area contributed by atoms with Gasteiger partial charge in [0.05, 0.1) is 17.5 Å². The predicted octanol–water partition coefficient (Wildman–Crippen LogP) is 5.40. The fourth-order valence-corrected chi connectivity index (χ4v) is 4.88. The number of benzene rings is 2. The number of rotatable bonds is 9. The summed E-state index contributed by atoms with van der Waals surface area (Å²) in [5, 5.41) is 21.5. The second kappa shape index (κ2) is 11.0. The minimum atomic E-state index is -0.103. The van der Waals surface area contributed by atoms with Gasteiger partial charge in [0.25, 0.3) is 0 Å². The van der Waals surface area contributed by atoms with Gasteiger partial charge in [-0.15, -0.1) is 22.0 Å². The first-order valence-corrected chi connectivity index (χ1v) is 11.9. The molecule has 0 spiro atoms. The van der Waals surface area contributed by atoms with Gasteiger partial charge in [-0.1, -0.05) is 55.1 Å². The Morgan fingerprint density at radius 3 is 2.68 bits per heavy atom. The quantitative estimate of drug-likeness (QED) is 0.439. The summed E-state index contributed by atoms with van der Waals surface area (Å²) >= 11 is 2.96. The minimum absolute atomic E-state index is 0.103. The molecule has 1 N–H and O–H groups in total. The van der Waals surface area contributed by atoms with Crippen molar-refractivity contribution < 1.29 is 4.79 Å². The Balaban J connectivity index is 1.67. The van der Waals surface area contributed by atoms with Crippen LogP contribution in [0.2, 0.25) is 0 Å². The van der Waals surface area contributed by atoms with E-state index in [0.717, 1.165) is 39.2 Å². The number of nitriles is 1. The lowest BCUT2D eigenvalue weighted by Crippen LogP contribution is -2.15. The molecule has 3 aromatic rings. The van der Waals surface area contributed by atoms with E-state index in [2.05, 4.69) is 34.6 Å². The van der Waals surface area contributed by atoms with Gasteiger partial charge in [-0.05, 0) is 31.5 Å². The second-order valence-electron chi connectivity index (χ2n) is 6.99. The van der Waals surface area contributed by atoms with Crippen LogP contribution >= 0.6 is 23.5 Å². The number of hydrogen-bond acceptors (Lipinski definition) is 6. The van der Waals surface area contributed by atoms with Crippen molar-refractivity contribution in [2.45, 2.75) is 49.0 Å². The molecule has 6 nitrogen and oxygen atoms in total. The summed E-state index contributed by atoms with van der Waals surface area (Å²) in [5.41, 5.74) is 2.95. The van der Waals surface area contributed by atoms with Crippen LogP contribution in [0.5, 0.6) is 0 Å². The zero-order chi connectivity index (χ0) is 22.2. The lowest BCUT2D eigenvalue weighted by atomic mass is 10.1. The molecule has 2 aromatic carbocycles. The van der Waals surface area contributed by atoms with Crippen LogP contribution in [0.3, 0.4) is 0 Å². The fraction of sp³-hybridized carbons (Fsp3) is 0.304. The average Bonchev–Trinajstić information content (AvgIpc) is 3.17. The van der Waals surface area contributed by atoms with Gasteiger partial charge >= 0.3 is 0 Å². The third-order valence-corrected chi connectivity index (χ3v) is 6.77. The molecule has 0 bridgehead atoms. The lowest BCUT2D eigenvalue weighted by Gasteiger charge is -2.13. The third-order valence-electron chi connectivity index (χ3n) is 4.62. The molecule has 0 aliphatic heterocycles. The van der Waals surface area contributed by atoms with Gasteiger partial charge in [-0.3, -0.25) is 4.79 Å². The van der Waals surface area contributed by atoms with Crippen LogP contribution in [0.1, 0.15) is 25.8 Å². The maximum absolute atomic E-state index is 12.6. The van der Waals surface area contributed by atoms with Crippen LogP contribution in [0.25, 0.3) is 11.4 Å². The molecule has 1 atom stereocenters. The molecule has 3 rings (SSSR count). The standard InChI is InChI=1S/C23H25N5OS2/c1-4-28-22(18-10-6-5-9-16(18)2)26-27-23(28)30-15-21(29)25-19-11-7-8-12-20(19)31-17(3)13-14-24/h5-12,17H,4,13,15H2,1-3H3,(H,25,29). The van der Waals surface area contributed by atoms with E-state index < -0.39 is 0 Å². The van der Waals surface area contributed by atoms with Crippen LogP contribution in [0.4, 0.5) is 5.69 Å². The molecule has 1 amide bonds. The van der Waals surface area contributed by atoms with Crippen molar-refractivity contribution in [2.24, 2.45) is 0 Å². The van der Waals surface area contributed by atoms with Crippen LogP contribution in [0, 0.1) is 18.3 Å².